The lowest BCUT2D eigenvalue weighted by Crippen LogP contribution is -2.39. The molecule has 31 heavy (non-hydrogen) atoms. The molecule has 1 atom stereocenters. The number of nitrogens with zero attached hydrogens (tertiary/aromatic N) is 1. The van der Waals surface area contributed by atoms with Crippen LogP contribution in [0.2, 0.25) is 0 Å². The molecule has 1 aliphatic heterocycles. The van der Waals surface area contributed by atoms with Gasteiger partial charge in [0.15, 0.2) is 0 Å². The van der Waals surface area contributed by atoms with Crippen LogP contribution in [0, 0.1) is 5.92 Å². The van der Waals surface area contributed by atoms with Gasteiger partial charge in [0.05, 0.1) is 17.6 Å². The van der Waals surface area contributed by atoms with Gasteiger partial charge in [0.2, 0.25) is 10.0 Å². The van der Waals surface area contributed by atoms with Gasteiger partial charge in [-0.15, -0.1) is 0 Å². The molecular weight excluding hydrogens is 444 g/mol. The lowest BCUT2D eigenvalue weighted by Gasteiger charge is -2.30. The topological polar surface area (TPSA) is 130 Å². The van der Waals surface area contributed by atoms with Gasteiger partial charge in [0.1, 0.15) is 10.6 Å². The number of hydrogen-bond donors (Lipinski definition) is 2. The van der Waals surface area contributed by atoms with E-state index >= 15 is 0 Å². The van der Waals surface area contributed by atoms with Crippen LogP contribution < -0.4 is 9.46 Å². The minimum absolute atomic E-state index is 0.0177. The smallest absolute Gasteiger partial charge is 0.335 e. The molecule has 1 saturated heterocycles. The summed E-state index contributed by atoms with van der Waals surface area (Å²) in [6.07, 6.45) is 1.79. The number of methoxy groups -OCH3 is 1. The Kier molecular flexibility index (Phi) is 6.58. The van der Waals surface area contributed by atoms with E-state index in [9.17, 15) is 21.6 Å². The lowest BCUT2D eigenvalue weighted by molar-refractivity contribution is 0.0696. The van der Waals surface area contributed by atoms with Crippen LogP contribution in [0.15, 0.2) is 52.3 Å². The minimum Gasteiger partial charge on any atom is -0.495 e. The first-order valence-corrected chi connectivity index (χ1v) is 12.5. The number of piperidine rings is 1. The van der Waals surface area contributed by atoms with Crippen LogP contribution in [0.5, 0.6) is 5.75 Å². The van der Waals surface area contributed by atoms with Crippen LogP contribution in [0.25, 0.3) is 0 Å². The quantitative estimate of drug-likeness (QED) is 0.639. The molecule has 0 spiro atoms. The molecule has 9 nitrogen and oxygen atoms in total. The zero-order valence-corrected chi connectivity index (χ0v) is 18.7. The molecule has 1 fully saturated rings. The summed E-state index contributed by atoms with van der Waals surface area (Å²) in [5.74, 6) is -1.01. The Hall–Kier alpha value is -2.63. The Bertz CT molecular complexity index is 1180. The average molecular weight is 469 g/mol. The summed E-state index contributed by atoms with van der Waals surface area (Å²) in [5.41, 5.74) is -0.0767. The highest BCUT2D eigenvalue weighted by molar-refractivity contribution is 7.92. The first-order chi connectivity index (χ1) is 14.5. The van der Waals surface area contributed by atoms with Gasteiger partial charge in [-0.05, 0) is 61.2 Å². The molecule has 11 heteroatoms. The number of hydrogen-bond acceptors (Lipinski definition) is 6. The summed E-state index contributed by atoms with van der Waals surface area (Å²) in [6, 6.07) is 8.89. The molecule has 3 rings (SSSR count). The van der Waals surface area contributed by atoms with E-state index in [-0.39, 0.29) is 32.7 Å². The Morgan fingerprint density at radius 1 is 1.13 bits per heavy atom. The van der Waals surface area contributed by atoms with Crippen LogP contribution in [-0.2, 0) is 20.0 Å². The van der Waals surface area contributed by atoms with E-state index in [1.54, 1.807) is 0 Å². The third-order valence-corrected chi connectivity index (χ3v) is 8.35. The number of sulfonamides is 2. The van der Waals surface area contributed by atoms with E-state index in [0.717, 1.165) is 18.9 Å². The van der Waals surface area contributed by atoms with Crippen molar-refractivity contribution in [2.24, 2.45) is 5.92 Å². The second-order valence-corrected chi connectivity index (χ2v) is 11.0. The zero-order chi connectivity index (χ0) is 22.8. The highest BCUT2D eigenvalue weighted by atomic mass is 32.2. The van der Waals surface area contributed by atoms with Crippen LogP contribution in [0.3, 0.4) is 0 Å². The Morgan fingerprint density at radius 2 is 1.81 bits per heavy atom. The maximum absolute atomic E-state index is 12.9. The van der Waals surface area contributed by atoms with Crippen molar-refractivity contribution >= 4 is 31.7 Å². The molecule has 0 radical (unpaired) electrons. The van der Waals surface area contributed by atoms with Gasteiger partial charge >= 0.3 is 5.97 Å². The molecule has 1 unspecified atom stereocenters. The minimum atomic E-state index is -4.19. The Morgan fingerprint density at radius 3 is 2.39 bits per heavy atom. The van der Waals surface area contributed by atoms with Crippen molar-refractivity contribution in [3.05, 3.63) is 48.0 Å². The monoisotopic (exact) mass is 468 g/mol. The first kappa shape index (κ1) is 23.0. The number of aromatic carboxylic acids is 1. The summed E-state index contributed by atoms with van der Waals surface area (Å²) < 4.78 is 60.1. The normalized spacial score (nSPS) is 17.8. The second kappa shape index (κ2) is 8.85. The largest absolute Gasteiger partial charge is 0.495 e. The van der Waals surface area contributed by atoms with Crippen molar-refractivity contribution in [3.8, 4) is 5.75 Å². The standard InChI is InChI=1S/C20H24N2O7S2/c1-14-4-3-11-22(13-14)31(27,28)17-8-6-16(7-9-17)21-30(25,26)19-12-15(20(23)24)5-10-18(19)29-2/h5-10,12,14,21H,3-4,11,13H2,1-2H3,(H,23,24). The van der Waals surface area contributed by atoms with Gasteiger partial charge in [-0.3, -0.25) is 4.72 Å². The van der Waals surface area contributed by atoms with Crippen molar-refractivity contribution in [2.45, 2.75) is 29.6 Å². The van der Waals surface area contributed by atoms with Gasteiger partial charge < -0.3 is 9.84 Å². The third kappa shape index (κ3) is 5.00. The van der Waals surface area contributed by atoms with Gasteiger partial charge in [0, 0.05) is 18.8 Å². The SMILES string of the molecule is COc1ccc(C(=O)O)cc1S(=O)(=O)Nc1ccc(S(=O)(=O)N2CCCC(C)C2)cc1. The van der Waals surface area contributed by atoms with Crippen LogP contribution >= 0.6 is 0 Å². The maximum atomic E-state index is 12.9. The fourth-order valence-electron chi connectivity index (χ4n) is 3.44. The predicted molar refractivity (Wildman–Crippen MR) is 114 cm³/mol. The van der Waals surface area contributed by atoms with Gasteiger partial charge in [-0.1, -0.05) is 6.92 Å². The van der Waals surface area contributed by atoms with Crippen molar-refractivity contribution in [1.82, 2.24) is 4.31 Å². The predicted octanol–water partition coefficient (Wildman–Crippen LogP) is 2.61. The van der Waals surface area contributed by atoms with Gasteiger partial charge in [0.25, 0.3) is 10.0 Å². The number of benzene rings is 2. The van der Waals surface area contributed by atoms with Crippen LogP contribution in [0.1, 0.15) is 30.1 Å². The zero-order valence-electron chi connectivity index (χ0n) is 17.1. The number of carboxylic acids is 1. The van der Waals surface area contributed by atoms with Gasteiger partial charge in [-0.2, -0.15) is 4.31 Å². The number of carbonyl (C=O) groups is 1. The van der Waals surface area contributed by atoms with Crippen molar-refractivity contribution in [3.63, 3.8) is 0 Å². The molecule has 2 N–H and O–H groups in total. The fraction of sp³-hybridized carbons (Fsp3) is 0.350. The molecule has 0 aliphatic carbocycles. The molecule has 2 aromatic carbocycles. The van der Waals surface area contributed by atoms with E-state index in [2.05, 4.69) is 4.72 Å². The van der Waals surface area contributed by atoms with Crippen molar-refractivity contribution in [1.29, 1.82) is 0 Å². The fourth-order valence-corrected chi connectivity index (χ4v) is 6.29. The summed E-state index contributed by atoms with van der Waals surface area (Å²) in [7, 11) is -6.58. The summed E-state index contributed by atoms with van der Waals surface area (Å²) in [5, 5.41) is 9.14. The number of carboxylic acid groups (broad SMARTS) is 1. The Balaban J connectivity index is 1.85. The van der Waals surface area contributed by atoms with E-state index in [1.807, 2.05) is 6.92 Å². The highest BCUT2D eigenvalue weighted by Crippen LogP contribution is 2.28. The average Bonchev–Trinajstić information content (AvgIpc) is 2.73. The van der Waals surface area contributed by atoms with E-state index in [0.29, 0.717) is 13.1 Å². The van der Waals surface area contributed by atoms with Crippen molar-refractivity contribution < 1.29 is 31.5 Å². The molecule has 0 saturated carbocycles. The molecule has 0 aromatic heterocycles. The molecular formula is C20H24N2O7S2. The third-order valence-electron chi connectivity index (χ3n) is 5.06. The molecule has 1 heterocycles. The van der Waals surface area contributed by atoms with Crippen molar-refractivity contribution in [2.75, 3.05) is 24.9 Å². The van der Waals surface area contributed by atoms with E-state index in [4.69, 9.17) is 9.84 Å². The van der Waals surface area contributed by atoms with Gasteiger partial charge in [-0.25, -0.2) is 21.6 Å². The lowest BCUT2D eigenvalue weighted by atomic mass is 10.0. The maximum Gasteiger partial charge on any atom is 0.335 e. The number of ether oxygens (including phenoxy) is 1. The first-order valence-electron chi connectivity index (χ1n) is 9.59. The Labute approximate surface area is 181 Å². The van der Waals surface area contributed by atoms with E-state index < -0.39 is 26.0 Å². The van der Waals surface area contributed by atoms with Crippen LogP contribution in [-0.4, -0.2) is 52.4 Å². The number of nitrogens with one attached hydrogen (secondary N) is 1. The van der Waals surface area contributed by atoms with E-state index in [1.165, 1.54) is 47.8 Å². The summed E-state index contributed by atoms with van der Waals surface area (Å²) >= 11 is 0. The van der Waals surface area contributed by atoms with Crippen LogP contribution in [0.4, 0.5) is 5.69 Å². The summed E-state index contributed by atoms with van der Waals surface area (Å²) in [6.45, 7) is 2.92. The molecule has 0 amide bonds. The molecule has 0 bridgehead atoms. The second-order valence-electron chi connectivity index (χ2n) is 7.41. The molecule has 168 valence electrons. The number of anilines is 1. The summed E-state index contributed by atoms with van der Waals surface area (Å²) in [4.78, 5) is 10.9. The number of rotatable bonds is 7. The molecule has 2 aromatic rings. The molecule has 1 aliphatic rings. The highest BCUT2D eigenvalue weighted by Gasteiger charge is 2.29.